The van der Waals surface area contributed by atoms with Crippen molar-refractivity contribution in [2.45, 2.75) is 31.9 Å². The first-order valence-electron chi connectivity index (χ1n) is 9.18. The molecule has 0 saturated carbocycles. The number of aryl methyl sites for hydroxylation is 1. The van der Waals surface area contributed by atoms with Crippen molar-refractivity contribution in [3.8, 4) is 11.5 Å². The minimum absolute atomic E-state index is 0.0303. The summed E-state index contributed by atoms with van der Waals surface area (Å²) in [6, 6.07) is 10.4. The van der Waals surface area contributed by atoms with E-state index >= 15 is 0 Å². The van der Waals surface area contributed by atoms with Gasteiger partial charge in [-0.15, -0.1) is 0 Å². The predicted molar refractivity (Wildman–Crippen MR) is 110 cm³/mol. The van der Waals surface area contributed by atoms with Crippen LogP contribution in [0, 0.1) is 0 Å². The van der Waals surface area contributed by atoms with Crippen LogP contribution in [0.15, 0.2) is 42.5 Å². The lowest BCUT2D eigenvalue weighted by Gasteiger charge is -2.18. The van der Waals surface area contributed by atoms with E-state index in [0.717, 1.165) is 30.2 Å². The lowest BCUT2D eigenvalue weighted by molar-refractivity contribution is -0.153. The van der Waals surface area contributed by atoms with E-state index in [1.54, 1.807) is 12.1 Å². The van der Waals surface area contributed by atoms with Gasteiger partial charge >= 0.3 is 18.5 Å². The molecule has 0 aliphatic carbocycles. The second-order valence-corrected chi connectivity index (χ2v) is 6.99. The number of thiocarbonyl (C=S) groups is 1. The van der Waals surface area contributed by atoms with Crippen LogP contribution >= 0.6 is 12.2 Å². The zero-order valence-electron chi connectivity index (χ0n) is 16.6. The molecule has 0 bridgehead atoms. The number of benzene rings is 2. The van der Waals surface area contributed by atoms with Gasteiger partial charge in [-0.05, 0) is 36.3 Å². The van der Waals surface area contributed by atoms with Crippen LogP contribution in [-0.4, -0.2) is 36.9 Å². The average molecular weight is 484 g/mol. The molecule has 12 heteroatoms. The highest BCUT2D eigenvalue weighted by atomic mass is 32.1. The molecular weight excluding hydrogens is 465 g/mol. The maximum atomic E-state index is 13.1. The zero-order valence-corrected chi connectivity index (χ0v) is 17.4. The zero-order chi connectivity index (χ0) is 23.9. The molecule has 0 aliphatic heterocycles. The molecule has 0 heterocycles. The Bertz CT molecular complexity index is 906. The second kappa shape index (κ2) is 10.7. The molecule has 0 saturated heterocycles. The number of rotatable bonds is 9. The van der Waals surface area contributed by atoms with Crippen LogP contribution in [0.4, 0.5) is 42.1 Å². The molecule has 0 radical (unpaired) electrons. The Kier molecular flexibility index (Phi) is 8.53. The molecule has 2 rings (SSSR count). The minimum Gasteiger partial charge on any atom is -0.487 e. The first-order valence-corrected chi connectivity index (χ1v) is 9.59. The summed E-state index contributed by atoms with van der Waals surface area (Å²) in [5.41, 5.74) is 1.74. The minimum atomic E-state index is -4.66. The summed E-state index contributed by atoms with van der Waals surface area (Å²) in [6.07, 6.45) is -7.80. The molecule has 0 amide bonds. The van der Waals surface area contributed by atoms with Crippen molar-refractivity contribution >= 4 is 28.7 Å². The van der Waals surface area contributed by atoms with E-state index < -0.39 is 43.2 Å². The van der Waals surface area contributed by atoms with Gasteiger partial charge in [0.1, 0.15) is 11.5 Å². The quantitative estimate of drug-likeness (QED) is 0.324. The van der Waals surface area contributed by atoms with Gasteiger partial charge in [0.05, 0.1) is 0 Å². The van der Waals surface area contributed by atoms with E-state index in [-0.39, 0.29) is 10.8 Å². The Morgan fingerprint density at radius 3 is 1.91 bits per heavy atom. The van der Waals surface area contributed by atoms with Gasteiger partial charge in [0, 0.05) is 29.6 Å². The molecular formula is C20H19F7N2O2S. The van der Waals surface area contributed by atoms with E-state index in [2.05, 4.69) is 20.1 Å². The maximum absolute atomic E-state index is 13.1. The highest BCUT2D eigenvalue weighted by Gasteiger charge is 2.41. The monoisotopic (exact) mass is 484 g/mol. The van der Waals surface area contributed by atoms with Gasteiger partial charge < -0.3 is 20.1 Å². The molecule has 0 atom stereocenters. The number of hydrogen-bond donors (Lipinski definition) is 2. The Morgan fingerprint density at radius 1 is 0.875 bits per heavy atom. The Labute approximate surface area is 184 Å². The van der Waals surface area contributed by atoms with Crippen LogP contribution in [0.25, 0.3) is 0 Å². The number of hydrogen-bond acceptors (Lipinski definition) is 3. The van der Waals surface area contributed by atoms with Gasteiger partial charge in [-0.25, -0.2) is 8.78 Å². The molecule has 176 valence electrons. The van der Waals surface area contributed by atoms with Gasteiger partial charge in [0.25, 0.3) is 0 Å². The Hall–Kier alpha value is -2.76. The smallest absolute Gasteiger partial charge is 0.422 e. The highest BCUT2D eigenvalue weighted by molar-refractivity contribution is 7.80. The van der Waals surface area contributed by atoms with Gasteiger partial charge in [-0.3, -0.25) is 0 Å². The summed E-state index contributed by atoms with van der Waals surface area (Å²) >= 11 is 5.14. The Balaban J connectivity index is 2.15. The average Bonchev–Trinajstić information content (AvgIpc) is 2.70. The van der Waals surface area contributed by atoms with E-state index in [0.29, 0.717) is 5.69 Å². The van der Waals surface area contributed by atoms with Gasteiger partial charge in [0.15, 0.2) is 18.3 Å². The number of alkyl halides is 7. The lowest BCUT2D eigenvalue weighted by Crippen LogP contribution is -2.33. The van der Waals surface area contributed by atoms with Crippen LogP contribution in [0.2, 0.25) is 0 Å². The van der Waals surface area contributed by atoms with Crippen molar-refractivity contribution in [2.24, 2.45) is 0 Å². The third-order valence-corrected chi connectivity index (χ3v) is 4.12. The van der Waals surface area contributed by atoms with E-state index in [4.69, 9.17) is 12.2 Å². The summed E-state index contributed by atoms with van der Waals surface area (Å²) in [6.45, 7) is -1.35. The van der Waals surface area contributed by atoms with Crippen molar-refractivity contribution in [3.05, 3.63) is 48.0 Å². The third kappa shape index (κ3) is 8.40. The Morgan fingerprint density at radius 2 is 1.41 bits per heavy atom. The molecule has 0 spiro atoms. The summed E-state index contributed by atoms with van der Waals surface area (Å²) in [4.78, 5) is 0. The fourth-order valence-electron chi connectivity index (χ4n) is 2.34. The summed E-state index contributed by atoms with van der Waals surface area (Å²) in [5, 5.41) is 5.54. The van der Waals surface area contributed by atoms with Gasteiger partial charge in [-0.1, -0.05) is 19.1 Å². The molecule has 4 nitrogen and oxygen atoms in total. The molecule has 0 aliphatic rings. The summed E-state index contributed by atoms with van der Waals surface area (Å²) in [7, 11) is 0. The maximum Gasteiger partial charge on any atom is 0.422 e. The molecule has 2 N–H and O–H groups in total. The first kappa shape index (κ1) is 25.5. The first-order chi connectivity index (χ1) is 14.9. The number of anilines is 2. The number of halogens is 7. The van der Waals surface area contributed by atoms with Crippen molar-refractivity contribution in [1.29, 1.82) is 0 Å². The number of ether oxygens (including phenoxy) is 2. The third-order valence-electron chi connectivity index (χ3n) is 3.91. The molecule has 0 fully saturated rings. The van der Waals surface area contributed by atoms with E-state index in [1.165, 1.54) is 0 Å². The molecule has 2 aromatic carbocycles. The van der Waals surface area contributed by atoms with E-state index in [9.17, 15) is 30.7 Å². The van der Waals surface area contributed by atoms with Crippen LogP contribution in [0.3, 0.4) is 0 Å². The van der Waals surface area contributed by atoms with Crippen molar-refractivity contribution in [3.63, 3.8) is 0 Å². The topological polar surface area (TPSA) is 42.5 Å². The number of nitrogens with one attached hydrogen (secondary N) is 2. The van der Waals surface area contributed by atoms with Gasteiger partial charge in [0.2, 0.25) is 0 Å². The molecule has 0 aromatic heterocycles. The predicted octanol–water partition coefficient (Wildman–Crippen LogP) is 6.28. The van der Waals surface area contributed by atoms with Crippen LogP contribution in [0.1, 0.15) is 12.5 Å². The highest BCUT2D eigenvalue weighted by Crippen LogP contribution is 2.30. The SMILES string of the molecule is CCc1ccc(NC(=S)Nc2cc(OCC(F)(F)F)cc(OCC(F)(F)C(F)F)c2)cc1. The van der Waals surface area contributed by atoms with Crippen LogP contribution in [0.5, 0.6) is 11.5 Å². The largest absolute Gasteiger partial charge is 0.487 e. The molecule has 0 unspecified atom stereocenters. The van der Waals surface area contributed by atoms with Crippen molar-refractivity contribution in [2.75, 3.05) is 23.8 Å². The van der Waals surface area contributed by atoms with Crippen molar-refractivity contribution in [1.82, 2.24) is 0 Å². The second-order valence-electron chi connectivity index (χ2n) is 6.58. The van der Waals surface area contributed by atoms with Gasteiger partial charge in [-0.2, -0.15) is 22.0 Å². The van der Waals surface area contributed by atoms with Crippen LogP contribution in [-0.2, 0) is 6.42 Å². The molecule has 32 heavy (non-hydrogen) atoms. The van der Waals surface area contributed by atoms with E-state index in [1.807, 2.05) is 19.1 Å². The molecule has 2 aromatic rings. The summed E-state index contributed by atoms with van der Waals surface area (Å²) < 4.78 is 97.6. The standard InChI is InChI=1S/C20H19F7N2O2S/c1-2-12-3-5-13(6-4-12)28-18(32)29-14-7-15(30-10-19(23,24)17(21)22)9-16(8-14)31-11-20(25,26)27/h3-9,17H,2,10-11H2,1H3,(H2,28,29,32). The van der Waals surface area contributed by atoms with Crippen LogP contribution < -0.4 is 20.1 Å². The normalized spacial score (nSPS) is 11.9. The van der Waals surface area contributed by atoms with Crippen molar-refractivity contribution < 1.29 is 40.2 Å². The fourth-order valence-corrected chi connectivity index (χ4v) is 2.57. The summed E-state index contributed by atoms with van der Waals surface area (Å²) in [5.74, 6) is -5.25. The fraction of sp³-hybridized carbons (Fsp3) is 0.350. The lowest BCUT2D eigenvalue weighted by atomic mass is 10.1.